The first-order chi connectivity index (χ1) is 9.60. The molecule has 0 saturated heterocycles. The summed E-state index contributed by atoms with van der Waals surface area (Å²) in [5.74, 6) is 0.767. The van der Waals surface area contributed by atoms with Crippen molar-refractivity contribution in [2.24, 2.45) is 0 Å². The van der Waals surface area contributed by atoms with E-state index >= 15 is 0 Å². The van der Waals surface area contributed by atoms with Crippen molar-refractivity contribution in [2.75, 3.05) is 11.9 Å². The van der Waals surface area contributed by atoms with Gasteiger partial charge >= 0.3 is 0 Å². The SMILES string of the molecule is CCCCC(C)NC(=O)c1cc(CC)nc(NCC)c1. The molecule has 20 heavy (non-hydrogen) atoms. The number of carbonyl (C=O) groups excluding carboxylic acids is 1. The Balaban J connectivity index is 2.77. The number of nitrogens with zero attached hydrogens (tertiary/aromatic N) is 1. The van der Waals surface area contributed by atoms with Gasteiger partial charge in [0, 0.05) is 23.8 Å². The Bertz CT molecular complexity index is 432. The molecule has 0 saturated carbocycles. The molecule has 0 fully saturated rings. The monoisotopic (exact) mass is 277 g/mol. The number of nitrogens with one attached hydrogen (secondary N) is 2. The van der Waals surface area contributed by atoms with Crippen molar-refractivity contribution in [2.45, 2.75) is 59.4 Å². The first-order valence-electron chi connectivity index (χ1n) is 7.66. The molecule has 0 aromatic carbocycles. The van der Waals surface area contributed by atoms with E-state index in [-0.39, 0.29) is 11.9 Å². The van der Waals surface area contributed by atoms with Crippen molar-refractivity contribution < 1.29 is 4.79 Å². The zero-order chi connectivity index (χ0) is 15.0. The average Bonchev–Trinajstić information content (AvgIpc) is 2.45. The first-order valence-corrected chi connectivity index (χ1v) is 7.66. The van der Waals surface area contributed by atoms with Crippen LogP contribution in [0.2, 0.25) is 0 Å². The number of amides is 1. The molecule has 0 aliphatic carbocycles. The number of hydrogen-bond acceptors (Lipinski definition) is 3. The van der Waals surface area contributed by atoms with Gasteiger partial charge in [0.05, 0.1) is 0 Å². The smallest absolute Gasteiger partial charge is 0.251 e. The van der Waals surface area contributed by atoms with Gasteiger partial charge in [-0.1, -0.05) is 26.7 Å². The van der Waals surface area contributed by atoms with E-state index in [1.54, 1.807) is 0 Å². The fourth-order valence-electron chi connectivity index (χ4n) is 2.06. The van der Waals surface area contributed by atoms with Crippen LogP contribution in [0.5, 0.6) is 0 Å². The van der Waals surface area contributed by atoms with E-state index in [9.17, 15) is 4.79 Å². The molecule has 1 amide bonds. The molecule has 1 unspecified atom stereocenters. The summed E-state index contributed by atoms with van der Waals surface area (Å²) < 4.78 is 0. The number of rotatable bonds is 8. The van der Waals surface area contributed by atoms with E-state index in [2.05, 4.69) is 29.5 Å². The van der Waals surface area contributed by atoms with Crippen molar-refractivity contribution in [1.29, 1.82) is 0 Å². The lowest BCUT2D eigenvalue weighted by Gasteiger charge is -2.14. The van der Waals surface area contributed by atoms with Gasteiger partial charge in [-0.3, -0.25) is 4.79 Å². The molecule has 0 bridgehead atoms. The molecule has 0 radical (unpaired) electrons. The topological polar surface area (TPSA) is 54.0 Å². The third kappa shape index (κ3) is 5.19. The van der Waals surface area contributed by atoms with Gasteiger partial charge in [-0.25, -0.2) is 4.98 Å². The molecule has 0 aliphatic heterocycles. The second kappa shape index (κ2) is 8.56. The summed E-state index contributed by atoms with van der Waals surface area (Å²) >= 11 is 0. The Labute approximate surface area is 122 Å². The van der Waals surface area contributed by atoms with Crippen LogP contribution in [0, 0.1) is 0 Å². The lowest BCUT2D eigenvalue weighted by atomic mass is 10.1. The highest BCUT2D eigenvalue weighted by molar-refractivity contribution is 5.95. The number of aromatic nitrogens is 1. The maximum Gasteiger partial charge on any atom is 0.251 e. The summed E-state index contributed by atoms with van der Waals surface area (Å²) in [7, 11) is 0. The lowest BCUT2D eigenvalue weighted by molar-refractivity contribution is 0.0938. The highest BCUT2D eigenvalue weighted by Crippen LogP contribution is 2.12. The fourth-order valence-corrected chi connectivity index (χ4v) is 2.06. The Morgan fingerprint density at radius 3 is 2.65 bits per heavy atom. The summed E-state index contributed by atoms with van der Waals surface area (Å²) in [4.78, 5) is 16.7. The minimum atomic E-state index is -0.00939. The Kier molecular flexibility index (Phi) is 7.05. The number of aryl methyl sites for hydroxylation is 1. The highest BCUT2D eigenvalue weighted by atomic mass is 16.1. The van der Waals surface area contributed by atoms with Gasteiger partial charge in [-0.2, -0.15) is 0 Å². The summed E-state index contributed by atoms with van der Waals surface area (Å²) in [6.45, 7) is 9.08. The van der Waals surface area contributed by atoms with Gasteiger partial charge in [-0.05, 0) is 38.8 Å². The number of carbonyl (C=O) groups is 1. The maximum absolute atomic E-state index is 12.3. The largest absolute Gasteiger partial charge is 0.370 e. The van der Waals surface area contributed by atoms with Crippen LogP contribution in [0.1, 0.15) is 63.0 Å². The second-order valence-corrected chi connectivity index (χ2v) is 5.13. The molecule has 0 aliphatic rings. The number of pyridine rings is 1. The van der Waals surface area contributed by atoms with Gasteiger partial charge in [-0.15, -0.1) is 0 Å². The van der Waals surface area contributed by atoms with Gasteiger partial charge < -0.3 is 10.6 Å². The Morgan fingerprint density at radius 2 is 2.05 bits per heavy atom. The molecule has 1 aromatic rings. The van der Waals surface area contributed by atoms with Crippen LogP contribution >= 0.6 is 0 Å². The quantitative estimate of drug-likeness (QED) is 0.766. The van der Waals surface area contributed by atoms with Crippen LogP contribution < -0.4 is 10.6 Å². The van der Waals surface area contributed by atoms with E-state index in [1.807, 2.05) is 26.0 Å². The van der Waals surface area contributed by atoms with Gasteiger partial charge in [0.2, 0.25) is 0 Å². The molecule has 2 N–H and O–H groups in total. The molecular formula is C16H27N3O. The predicted molar refractivity (Wildman–Crippen MR) is 84.2 cm³/mol. The van der Waals surface area contributed by atoms with Crippen molar-refractivity contribution >= 4 is 11.7 Å². The van der Waals surface area contributed by atoms with Crippen molar-refractivity contribution in [3.63, 3.8) is 0 Å². The van der Waals surface area contributed by atoms with Crippen molar-refractivity contribution in [3.05, 3.63) is 23.4 Å². The van der Waals surface area contributed by atoms with E-state index in [0.29, 0.717) is 5.56 Å². The molecule has 0 spiro atoms. The summed E-state index contributed by atoms with van der Waals surface area (Å²) in [5, 5.41) is 6.23. The van der Waals surface area contributed by atoms with Gasteiger partial charge in [0.1, 0.15) is 5.82 Å². The average molecular weight is 277 g/mol. The summed E-state index contributed by atoms with van der Waals surface area (Å²) in [5.41, 5.74) is 1.63. The number of hydrogen-bond donors (Lipinski definition) is 2. The lowest BCUT2D eigenvalue weighted by Crippen LogP contribution is -2.32. The molecule has 1 atom stereocenters. The van der Waals surface area contributed by atoms with Crippen LogP contribution in [0.15, 0.2) is 12.1 Å². The molecule has 4 nitrogen and oxygen atoms in total. The van der Waals surface area contributed by atoms with Gasteiger partial charge in [0.25, 0.3) is 5.91 Å². The fraction of sp³-hybridized carbons (Fsp3) is 0.625. The van der Waals surface area contributed by atoms with Crippen LogP contribution in [0.25, 0.3) is 0 Å². The molecule has 1 rings (SSSR count). The maximum atomic E-state index is 12.3. The third-order valence-corrected chi connectivity index (χ3v) is 3.23. The standard InChI is InChI=1S/C16H27N3O/c1-5-8-9-12(4)18-16(20)13-10-14(6-2)19-15(11-13)17-7-3/h10-12H,5-9H2,1-4H3,(H,17,19)(H,18,20). The normalized spacial score (nSPS) is 12.0. The summed E-state index contributed by atoms with van der Waals surface area (Å²) in [6, 6.07) is 3.91. The van der Waals surface area contributed by atoms with Crippen LogP contribution in [0.3, 0.4) is 0 Å². The van der Waals surface area contributed by atoms with E-state index in [4.69, 9.17) is 0 Å². The second-order valence-electron chi connectivity index (χ2n) is 5.13. The van der Waals surface area contributed by atoms with Crippen molar-refractivity contribution in [1.82, 2.24) is 10.3 Å². The van der Waals surface area contributed by atoms with E-state index in [0.717, 1.165) is 43.7 Å². The molecule has 1 heterocycles. The molecule has 112 valence electrons. The first kappa shape index (κ1) is 16.5. The van der Waals surface area contributed by atoms with Crippen molar-refractivity contribution in [3.8, 4) is 0 Å². The van der Waals surface area contributed by atoms with Crippen LogP contribution in [-0.2, 0) is 6.42 Å². The molecule has 4 heteroatoms. The Morgan fingerprint density at radius 1 is 1.30 bits per heavy atom. The van der Waals surface area contributed by atoms with E-state index in [1.165, 1.54) is 0 Å². The highest BCUT2D eigenvalue weighted by Gasteiger charge is 2.12. The minimum absolute atomic E-state index is 0.00939. The van der Waals surface area contributed by atoms with Crippen LogP contribution in [0.4, 0.5) is 5.82 Å². The zero-order valence-corrected chi connectivity index (χ0v) is 13.1. The molecule has 1 aromatic heterocycles. The number of anilines is 1. The minimum Gasteiger partial charge on any atom is -0.370 e. The zero-order valence-electron chi connectivity index (χ0n) is 13.1. The summed E-state index contributed by atoms with van der Waals surface area (Å²) in [6.07, 6.45) is 4.14. The predicted octanol–water partition coefficient (Wildman–Crippen LogP) is 3.38. The number of unbranched alkanes of at least 4 members (excludes halogenated alkanes) is 1. The van der Waals surface area contributed by atoms with Gasteiger partial charge in [0.15, 0.2) is 0 Å². The third-order valence-electron chi connectivity index (χ3n) is 3.23. The molecular weight excluding hydrogens is 250 g/mol. The van der Waals surface area contributed by atoms with Crippen LogP contribution in [-0.4, -0.2) is 23.5 Å². The van der Waals surface area contributed by atoms with E-state index < -0.39 is 0 Å². The Hall–Kier alpha value is -1.58.